The number of hydrogen-bond acceptors (Lipinski definition) is 6. The third kappa shape index (κ3) is 4.33. The van der Waals surface area contributed by atoms with E-state index in [-0.39, 0.29) is 5.91 Å². The number of amides is 1. The Kier molecular flexibility index (Phi) is 5.92. The number of fused-ring (bicyclic) bond motifs is 1. The first-order chi connectivity index (χ1) is 16.5. The molecule has 4 N–H and O–H groups in total. The van der Waals surface area contributed by atoms with Crippen LogP contribution in [0.1, 0.15) is 38.7 Å². The molecule has 0 saturated carbocycles. The van der Waals surface area contributed by atoms with E-state index >= 15 is 0 Å². The van der Waals surface area contributed by atoms with Crippen molar-refractivity contribution in [3.63, 3.8) is 0 Å². The molecule has 7 nitrogen and oxygen atoms in total. The molecule has 1 amide bonds. The highest BCUT2D eigenvalue weighted by atomic mass is 16.1. The van der Waals surface area contributed by atoms with Crippen molar-refractivity contribution in [3.8, 4) is 11.1 Å². The molecule has 7 heteroatoms. The average Bonchev–Trinajstić information content (AvgIpc) is 3.35. The second-order valence-corrected chi connectivity index (χ2v) is 9.14. The van der Waals surface area contributed by atoms with Crippen molar-refractivity contribution in [3.05, 3.63) is 71.0 Å². The number of nitrogens with zero attached hydrogens (tertiary/aromatic N) is 3. The maximum Gasteiger partial charge on any atom is 0.256 e. The molecule has 4 heterocycles. The van der Waals surface area contributed by atoms with Crippen molar-refractivity contribution < 1.29 is 4.79 Å². The van der Waals surface area contributed by atoms with Gasteiger partial charge in [-0.2, -0.15) is 0 Å². The Labute approximate surface area is 200 Å². The first-order valence-electron chi connectivity index (χ1n) is 11.8. The number of carbonyl (C=O) groups is 1. The summed E-state index contributed by atoms with van der Waals surface area (Å²) in [6, 6.07) is 8.42. The fourth-order valence-corrected chi connectivity index (χ4v) is 4.63. The Morgan fingerprint density at radius 1 is 1.09 bits per heavy atom. The zero-order valence-electron chi connectivity index (χ0n) is 19.7. The van der Waals surface area contributed by atoms with Gasteiger partial charge in [0.25, 0.3) is 5.91 Å². The number of hydrogen-bond donors (Lipinski definition) is 3. The first-order valence-corrected chi connectivity index (χ1v) is 11.8. The summed E-state index contributed by atoms with van der Waals surface area (Å²) in [5.41, 5.74) is 14.3. The van der Waals surface area contributed by atoms with E-state index in [1.54, 1.807) is 6.21 Å². The van der Waals surface area contributed by atoms with Gasteiger partial charge in [-0.05, 0) is 68.0 Å². The maximum absolute atomic E-state index is 13.4. The number of allylic oxidation sites excluding steroid dienone is 3. The van der Waals surface area contributed by atoms with Crippen molar-refractivity contribution in [1.82, 2.24) is 10.3 Å². The molecular formula is C27H30N6O. The number of nitrogens with two attached hydrogens (primary N) is 1. The minimum absolute atomic E-state index is 0.142. The lowest BCUT2D eigenvalue weighted by Crippen LogP contribution is -2.28. The fraction of sp³-hybridized carbons (Fsp3) is 0.296. The van der Waals surface area contributed by atoms with Gasteiger partial charge in [0, 0.05) is 48.2 Å². The molecule has 1 aromatic carbocycles. The molecule has 1 aromatic heterocycles. The van der Waals surface area contributed by atoms with Gasteiger partial charge in [-0.25, -0.2) is 4.99 Å². The van der Waals surface area contributed by atoms with E-state index in [0.717, 1.165) is 52.3 Å². The van der Waals surface area contributed by atoms with Gasteiger partial charge in [0.1, 0.15) is 5.82 Å². The van der Waals surface area contributed by atoms with Crippen LogP contribution in [0.25, 0.3) is 16.7 Å². The minimum atomic E-state index is -0.142. The molecule has 0 unspecified atom stereocenters. The highest BCUT2D eigenvalue weighted by molar-refractivity contribution is 6.24. The van der Waals surface area contributed by atoms with Gasteiger partial charge < -0.3 is 21.3 Å². The molecule has 0 atom stereocenters. The quantitative estimate of drug-likeness (QED) is 0.643. The van der Waals surface area contributed by atoms with E-state index in [1.807, 2.05) is 38.4 Å². The average molecular weight is 455 g/mol. The third-order valence-corrected chi connectivity index (χ3v) is 6.68. The summed E-state index contributed by atoms with van der Waals surface area (Å²) in [5.74, 6) is 0.356. The second-order valence-electron chi connectivity index (χ2n) is 9.14. The fourth-order valence-electron chi connectivity index (χ4n) is 4.63. The van der Waals surface area contributed by atoms with Crippen molar-refractivity contribution in [2.45, 2.75) is 33.1 Å². The third-order valence-electron chi connectivity index (χ3n) is 6.68. The van der Waals surface area contributed by atoms with Crippen molar-refractivity contribution >= 4 is 29.1 Å². The van der Waals surface area contributed by atoms with Gasteiger partial charge in [0.05, 0.1) is 23.8 Å². The number of nitrogens with one attached hydrogen (secondary N) is 2. The molecule has 0 radical (unpaired) electrons. The Morgan fingerprint density at radius 2 is 1.91 bits per heavy atom. The summed E-state index contributed by atoms with van der Waals surface area (Å²) < 4.78 is 0. The Balaban J connectivity index is 1.45. The van der Waals surface area contributed by atoms with Crippen molar-refractivity contribution in [2.75, 3.05) is 29.9 Å². The van der Waals surface area contributed by atoms with Crippen LogP contribution in [0.15, 0.2) is 70.4 Å². The number of carbonyl (C=O) groups excluding carboxylic acids is 1. The number of pyridine rings is 1. The van der Waals surface area contributed by atoms with Crippen LogP contribution in [-0.4, -0.2) is 36.7 Å². The zero-order valence-corrected chi connectivity index (χ0v) is 19.7. The molecule has 5 rings (SSSR count). The molecule has 1 fully saturated rings. The van der Waals surface area contributed by atoms with Gasteiger partial charge >= 0.3 is 0 Å². The van der Waals surface area contributed by atoms with Crippen LogP contribution in [0.5, 0.6) is 0 Å². The van der Waals surface area contributed by atoms with E-state index in [4.69, 9.17) is 5.73 Å². The Hall–Kier alpha value is -3.87. The highest BCUT2D eigenvalue weighted by Crippen LogP contribution is 2.35. The Morgan fingerprint density at radius 3 is 2.74 bits per heavy atom. The summed E-state index contributed by atoms with van der Waals surface area (Å²) in [7, 11) is 0. The Bertz CT molecular complexity index is 1260. The summed E-state index contributed by atoms with van der Waals surface area (Å²) >= 11 is 0. The largest absolute Gasteiger partial charge is 0.384 e. The maximum atomic E-state index is 13.4. The highest BCUT2D eigenvalue weighted by Gasteiger charge is 2.24. The van der Waals surface area contributed by atoms with Gasteiger partial charge in [-0.1, -0.05) is 12.1 Å². The first kappa shape index (κ1) is 21.9. The molecule has 0 spiro atoms. The summed E-state index contributed by atoms with van der Waals surface area (Å²) in [4.78, 5) is 24.6. The van der Waals surface area contributed by atoms with E-state index in [0.29, 0.717) is 30.1 Å². The molecule has 3 aliphatic rings. The molecule has 0 bridgehead atoms. The molecule has 1 saturated heterocycles. The van der Waals surface area contributed by atoms with E-state index in [1.165, 1.54) is 12.8 Å². The summed E-state index contributed by atoms with van der Waals surface area (Å²) in [6.07, 6.45) is 10.5. The molecule has 0 aliphatic carbocycles. The van der Waals surface area contributed by atoms with Crippen LogP contribution in [-0.2, 0) is 4.79 Å². The van der Waals surface area contributed by atoms with Crippen LogP contribution in [0.4, 0.5) is 11.4 Å². The zero-order chi connectivity index (χ0) is 23.7. The molecular weight excluding hydrogens is 424 g/mol. The van der Waals surface area contributed by atoms with Crippen LogP contribution < -0.4 is 21.3 Å². The lowest BCUT2D eigenvalue weighted by molar-refractivity contribution is -0.114. The number of benzene rings is 1. The van der Waals surface area contributed by atoms with Crippen LogP contribution in [0, 0.1) is 0 Å². The van der Waals surface area contributed by atoms with Gasteiger partial charge in [0.15, 0.2) is 0 Å². The van der Waals surface area contributed by atoms with E-state index in [2.05, 4.69) is 43.7 Å². The van der Waals surface area contributed by atoms with E-state index in [9.17, 15) is 4.79 Å². The minimum Gasteiger partial charge on any atom is -0.384 e. The van der Waals surface area contributed by atoms with Crippen LogP contribution >= 0.6 is 0 Å². The number of aromatic nitrogens is 1. The van der Waals surface area contributed by atoms with Gasteiger partial charge in [-0.15, -0.1) is 0 Å². The van der Waals surface area contributed by atoms with Crippen molar-refractivity contribution in [2.24, 2.45) is 10.7 Å². The van der Waals surface area contributed by atoms with Gasteiger partial charge in [0.2, 0.25) is 0 Å². The smallest absolute Gasteiger partial charge is 0.256 e. The molecule has 2 aromatic rings. The SMILES string of the molecule is CC1=C(N)N=CC(NC(=O)C2=C(C)CNc3ccc(-c4cncc(N5CCCC5)c4)cc32)=CC1. The predicted octanol–water partition coefficient (Wildman–Crippen LogP) is 4.21. The van der Waals surface area contributed by atoms with Crippen LogP contribution in [0.2, 0.25) is 0 Å². The van der Waals surface area contributed by atoms with Gasteiger partial charge in [-0.3, -0.25) is 9.78 Å². The molecule has 174 valence electrons. The summed E-state index contributed by atoms with van der Waals surface area (Å²) in [5, 5.41) is 6.46. The monoisotopic (exact) mass is 454 g/mol. The predicted molar refractivity (Wildman–Crippen MR) is 138 cm³/mol. The summed E-state index contributed by atoms with van der Waals surface area (Å²) in [6.45, 7) is 6.71. The lowest BCUT2D eigenvalue weighted by atomic mass is 9.91. The second kappa shape index (κ2) is 9.17. The van der Waals surface area contributed by atoms with Crippen LogP contribution in [0.3, 0.4) is 0 Å². The normalized spacial score (nSPS) is 17.8. The topological polar surface area (TPSA) is 95.6 Å². The molecule has 3 aliphatic heterocycles. The lowest BCUT2D eigenvalue weighted by Gasteiger charge is -2.24. The number of rotatable bonds is 4. The number of aliphatic imine (C=N–C) groups is 1. The van der Waals surface area contributed by atoms with E-state index < -0.39 is 0 Å². The standard InChI is InChI=1S/C27H30N6O/c1-17-5-7-21(15-31-26(17)28)32-27(34)25-18(2)13-30-24-8-6-19(12-23(24)25)20-11-22(16-29-14-20)33-9-3-4-10-33/h6-8,11-12,14-16,30H,3-5,9-10,13,28H2,1-2H3,(H,32,34). The van der Waals surface area contributed by atoms with Crippen molar-refractivity contribution in [1.29, 1.82) is 0 Å². The number of anilines is 2. The molecule has 34 heavy (non-hydrogen) atoms.